The van der Waals surface area contributed by atoms with E-state index in [2.05, 4.69) is 17.6 Å². The van der Waals surface area contributed by atoms with Crippen molar-refractivity contribution in [3.63, 3.8) is 0 Å². The third-order valence-corrected chi connectivity index (χ3v) is 7.94. The average Bonchev–Trinajstić information content (AvgIpc) is 2.64. The van der Waals surface area contributed by atoms with Crippen LogP contribution < -0.4 is 10.6 Å². The van der Waals surface area contributed by atoms with Gasteiger partial charge in [0.15, 0.2) is 0 Å². The smallest absolute Gasteiger partial charge is 0.251 e. The fourth-order valence-corrected chi connectivity index (χ4v) is 5.62. The summed E-state index contributed by atoms with van der Waals surface area (Å²) in [6.07, 6.45) is 3.56. The molecule has 2 aliphatic rings. The minimum Gasteiger partial charge on any atom is -0.349 e. The average molecular weight is 394 g/mol. The van der Waals surface area contributed by atoms with Gasteiger partial charge in [-0.3, -0.25) is 4.79 Å². The minimum absolute atomic E-state index is 0.143. The van der Waals surface area contributed by atoms with E-state index >= 15 is 0 Å². The molecule has 2 heterocycles. The highest BCUT2D eigenvalue weighted by molar-refractivity contribution is 7.89. The lowest BCUT2D eigenvalue weighted by Crippen LogP contribution is -2.42. The molecular formula is C20H31N3O3S. The van der Waals surface area contributed by atoms with Crippen molar-refractivity contribution in [3.8, 4) is 0 Å². The molecule has 0 atom stereocenters. The van der Waals surface area contributed by atoms with Crippen LogP contribution in [0.3, 0.4) is 0 Å². The quantitative estimate of drug-likeness (QED) is 0.822. The molecule has 27 heavy (non-hydrogen) atoms. The molecular weight excluding hydrogens is 362 g/mol. The number of hydrogen-bond acceptors (Lipinski definition) is 4. The summed E-state index contributed by atoms with van der Waals surface area (Å²) in [7, 11) is -3.58. The van der Waals surface area contributed by atoms with Crippen LogP contribution in [0.5, 0.6) is 0 Å². The highest BCUT2D eigenvalue weighted by Crippen LogP contribution is 2.28. The van der Waals surface area contributed by atoms with E-state index in [1.54, 1.807) is 16.4 Å². The Bertz CT molecular complexity index is 793. The number of hydrogen-bond donors (Lipinski definition) is 2. The molecule has 0 aliphatic carbocycles. The lowest BCUT2D eigenvalue weighted by atomic mass is 10.0. The number of nitrogens with zero attached hydrogens (tertiary/aromatic N) is 1. The van der Waals surface area contributed by atoms with Gasteiger partial charge in [-0.2, -0.15) is 4.31 Å². The van der Waals surface area contributed by atoms with E-state index in [4.69, 9.17) is 0 Å². The van der Waals surface area contributed by atoms with Gasteiger partial charge >= 0.3 is 0 Å². The monoisotopic (exact) mass is 393 g/mol. The first kappa shape index (κ1) is 20.3. The summed E-state index contributed by atoms with van der Waals surface area (Å²) in [6, 6.07) is 3.50. The lowest BCUT2D eigenvalue weighted by molar-refractivity contribution is 0.0929. The van der Waals surface area contributed by atoms with Gasteiger partial charge in [0.05, 0.1) is 4.90 Å². The van der Waals surface area contributed by atoms with Gasteiger partial charge in [-0.05, 0) is 81.8 Å². The van der Waals surface area contributed by atoms with E-state index in [0.29, 0.717) is 24.6 Å². The van der Waals surface area contributed by atoms with Crippen LogP contribution in [0.2, 0.25) is 0 Å². The Morgan fingerprint density at radius 3 is 2.37 bits per heavy atom. The maximum Gasteiger partial charge on any atom is 0.251 e. The van der Waals surface area contributed by atoms with E-state index < -0.39 is 10.0 Å². The summed E-state index contributed by atoms with van der Waals surface area (Å²) in [5.74, 6) is 0.370. The molecule has 2 saturated heterocycles. The number of carbonyl (C=O) groups excluding carboxylic acids is 1. The summed E-state index contributed by atoms with van der Waals surface area (Å²) in [4.78, 5) is 13.0. The maximum absolute atomic E-state index is 13.2. The van der Waals surface area contributed by atoms with Crippen molar-refractivity contribution in [2.24, 2.45) is 5.92 Å². The van der Waals surface area contributed by atoms with Gasteiger partial charge in [0.25, 0.3) is 5.91 Å². The fourth-order valence-electron chi connectivity index (χ4n) is 3.83. The molecule has 150 valence electrons. The molecule has 0 bridgehead atoms. The zero-order chi connectivity index (χ0) is 19.6. The molecule has 7 heteroatoms. The fraction of sp³-hybridized carbons (Fsp3) is 0.650. The van der Waals surface area contributed by atoms with E-state index in [9.17, 15) is 13.2 Å². The molecule has 3 rings (SSSR count). The predicted octanol–water partition coefficient (Wildman–Crippen LogP) is 2.21. The van der Waals surface area contributed by atoms with Crippen molar-refractivity contribution in [2.45, 2.75) is 57.4 Å². The third-order valence-electron chi connectivity index (χ3n) is 5.92. The summed E-state index contributed by atoms with van der Waals surface area (Å²) in [6.45, 7) is 8.74. The summed E-state index contributed by atoms with van der Waals surface area (Å²) < 4.78 is 28.0. The highest BCUT2D eigenvalue weighted by atomic mass is 32.2. The summed E-state index contributed by atoms with van der Waals surface area (Å²) in [5.41, 5.74) is 1.99. The van der Waals surface area contributed by atoms with E-state index in [1.807, 2.05) is 13.8 Å². The van der Waals surface area contributed by atoms with Crippen LogP contribution in [0, 0.1) is 19.8 Å². The molecule has 1 aromatic carbocycles. The van der Waals surface area contributed by atoms with Crippen LogP contribution in [-0.2, 0) is 10.0 Å². The van der Waals surface area contributed by atoms with Gasteiger partial charge in [-0.15, -0.1) is 0 Å². The normalized spacial score (nSPS) is 20.6. The number of sulfonamides is 1. The SMILES string of the molecule is Cc1cc(C(=O)NC2CCNCC2)cc(S(=O)(=O)N2CCC(C)CC2)c1C. The Labute approximate surface area is 162 Å². The number of piperidine rings is 2. The zero-order valence-electron chi connectivity index (χ0n) is 16.5. The molecule has 1 aromatic rings. The largest absolute Gasteiger partial charge is 0.349 e. The molecule has 0 aromatic heterocycles. The molecule has 0 saturated carbocycles. The Hall–Kier alpha value is -1.44. The predicted molar refractivity (Wildman–Crippen MR) is 106 cm³/mol. The van der Waals surface area contributed by atoms with Crippen molar-refractivity contribution in [1.82, 2.24) is 14.9 Å². The van der Waals surface area contributed by atoms with Crippen molar-refractivity contribution in [3.05, 3.63) is 28.8 Å². The highest BCUT2D eigenvalue weighted by Gasteiger charge is 2.30. The van der Waals surface area contributed by atoms with Gasteiger partial charge in [0.2, 0.25) is 10.0 Å². The number of aryl methyl sites for hydroxylation is 1. The Morgan fingerprint density at radius 2 is 1.74 bits per heavy atom. The van der Waals surface area contributed by atoms with Gasteiger partial charge in [0.1, 0.15) is 0 Å². The van der Waals surface area contributed by atoms with Crippen LogP contribution >= 0.6 is 0 Å². The van der Waals surface area contributed by atoms with Crippen LogP contribution in [-0.4, -0.2) is 50.9 Å². The second-order valence-corrected chi connectivity index (χ2v) is 9.91. The van der Waals surface area contributed by atoms with Gasteiger partial charge in [-0.1, -0.05) is 6.92 Å². The first-order chi connectivity index (χ1) is 12.8. The van der Waals surface area contributed by atoms with Crippen molar-refractivity contribution >= 4 is 15.9 Å². The van der Waals surface area contributed by atoms with Crippen molar-refractivity contribution in [2.75, 3.05) is 26.2 Å². The molecule has 6 nitrogen and oxygen atoms in total. The van der Waals surface area contributed by atoms with E-state index in [1.165, 1.54) is 0 Å². The summed E-state index contributed by atoms with van der Waals surface area (Å²) >= 11 is 0. The number of amides is 1. The molecule has 2 N–H and O–H groups in total. The number of carbonyl (C=O) groups is 1. The summed E-state index contributed by atoms with van der Waals surface area (Å²) in [5, 5.41) is 6.34. The van der Waals surface area contributed by atoms with Crippen LogP contribution in [0.25, 0.3) is 0 Å². The van der Waals surface area contributed by atoms with E-state index in [0.717, 1.165) is 49.9 Å². The number of nitrogens with one attached hydrogen (secondary N) is 2. The molecule has 0 unspecified atom stereocenters. The molecule has 0 spiro atoms. The van der Waals surface area contributed by atoms with Gasteiger partial charge in [0, 0.05) is 24.7 Å². The first-order valence-corrected chi connectivity index (χ1v) is 11.4. The van der Waals surface area contributed by atoms with Crippen LogP contribution in [0.4, 0.5) is 0 Å². The Balaban J connectivity index is 1.86. The topological polar surface area (TPSA) is 78.5 Å². The molecule has 0 radical (unpaired) electrons. The number of benzene rings is 1. The van der Waals surface area contributed by atoms with Gasteiger partial charge in [-0.25, -0.2) is 8.42 Å². The first-order valence-electron chi connectivity index (χ1n) is 9.92. The van der Waals surface area contributed by atoms with Crippen LogP contribution in [0.15, 0.2) is 17.0 Å². The molecule has 2 aliphatic heterocycles. The third kappa shape index (κ3) is 4.52. The lowest BCUT2D eigenvalue weighted by Gasteiger charge is -2.30. The standard InChI is InChI=1S/C20H31N3O3S/c1-14-6-10-23(11-7-14)27(25,26)19-13-17(12-15(2)16(19)3)20(24)22-18-4-8-21-9-5-18/h12-14,18,21H,4-11H2,1-3H3,(H,22,24). The maximum atomic E-state index is 13.2. The van der Waals surface area contributed by atoms with Crippen molar-refractivity contribution in [1.29, 1.82) is 0 Å². The minimum atomic E-state index is -3.58. The van der Waals surface area contributed by atoms with E-state index in [-0.39, 0.29) is 16.8 Å². The second kappa shape index (κ2) is 8.29. The van der Waals surface area contributed by atoms with Gasteiger partial charge < -0.3 is 10.6 Å². The second-order valence-electron chi connectivity index (χ2n) is 8.00. The Morgan fingerprint density at radius 1 is 1.11 bits per heavy atom. The Kier molecular flexibility index (Phi) is 6.23. The molecule has 2 fully saturated rings. The van der Waals surface area contributed by atoms with Crippen LogP contribution in [0.1, 0.15) is 54.1 Å². The zero-order valence-corrected chi connectivity index (χ0v) is 17.4. The van der Waals surface area contributed by atoms with Crippen molar-refractivity contribution < 1.29 is 13.2 Å². The molecule has 1 amide bonds. The number of rotatable bonds is 4.